The molecule has 0 heterocycles. The summed E-state index contributed by atoms with van der Waals surface area (Å²) in [5.41, 5.74) is -0.0111. The lowest BCUT2D eigenvalue weighted by Crippen LogP contribution is -2.25. The van der Waals surface area contributed by atoms with Crippen LogP contribution in [0.15, 0.2) is 18.2 Å². The first-order valence-electron chi connectivity index (χ1n) is 5.22. The lowest BCUT2D eigenvalue weighted by molar-refractivity contribution is 0.413. The number of phenolic OH excluding ortho intramolecular Hbond substituents is 1. The van der Waals surface area contributed by atoms with Crippen molar-refractivity contribution in [2.24, 2.45) is 0 Å². The molecule has 2 N–H and O–H groups in total. The molecule has 0 bridgehead atoms. The summed E-state index contributed by atoms with van der Waals surface area (Å²) in [4.78, 5) is 0. The molecule has 1 aromatic rings. The third-order valence-corrected chi connectivity index (χ3v) is 4.04. The van der Waals surface area contributed by atoms with Gasteiger partial charge in [-0.2, -0.15) is 5.26 Å². The van der Waals surface area contributed by atoms with Gasteiger partial charge in [-0.15, -0.1) is 0 Å². The van der Waals surface area contributed by atoms with Gasteiger partial charge in [0.2, 0.25) is 10.0 Å². The standard InChI is InChI=1S/C11H14N2O4S/c1-3-9(7-12)18(15,16)13-10-6-8(17-2)4-5-11(10)14/h4-6,9,13-14H,3H2,1-2H3. The molecule has 0 amide bonds. The smallest absolute Gasteiger partial charge is 0.249 e. The fraction of sp³-hybridized carbons (Fsp3) is 0.364. The summed E-state index contributed by atoms with van der Waals surface area (Å²) in [5, 5.41) is 17.1. The Morgan fingerprint density at radius 1 is 1.56 bits per heavy atom. The maximum atomic E-state index is 11.8. The predicted octanol–water partition coefficient (Wildman–Crippen LogP) is 1.44. The number of phenols is 1. The Labute approximate surface area is 106 Å². The van der Waals surface area contributed by atoms with Gasteiger partial charge in [0.1, 0.15) is 11.5 Å². The van der Waals surface area contributed by atoms with Crippen molar-refractivity contribution in [1.82, 2.24) is 0 Å². The van der Waals surface area contributed by atoms with E-state index in [-0.39, 0.29) is 17.9 Å². The van der Waals surface area contributed by atoms with E-state index in [9.17, 15) is 13.5 Å². The monoisotopic (exact) mass is 270 g/mol. The van der Waals surface area contributed by atoms with Crippen molar-refractivity contribution in [3.63, 3.8) is 0 Å². The van der Waals surface area contributed by atoms with Crippen molar-refractivity contribution in [1.29, 1.82) is 5.26 Å². The van der Waals surface area contributed by atoms with Crippen LogP contribution in [0.3, 0.4) is 0 Å². The summed E-state index contributed by atoms with van der Waals surface area (Å²) in [6.45, 7) is 1.60. The van der Waals surface area contributed by atoms with Crippen molar-refractivity contribution < 1.29 is 18.3 Å². The van der Waals surface area contributed by atoms with Crippen LogP contribution in [0.2, 0.25) is 0 Å². The third-order valence-electron chi connectivity index (χ3n) is 2.35. The second kappa shape index (κ2) is 5.60. The minimum atomic E-state index is -3.85. The van der Waals surface area contributed by atoms with Crippen LogP contribution >= 0.6 is 0 Å². The Bertz CT molecular complexity index is 563. The highest BCUT2D eigenvalue weighted by atomic mass is 32.2. The van der Waals surface area contributed by atoms with Gasteiger partial charge in [0.15, 0.2) is 5.25 Å². The summed E-state index contributed by atoms with van der Waals surface area (Å²) in [6.07, 6.45) is 0.163. The number of nitriles is 1. The maximum absolute atomic E-state index is 11.8. The molecule has 1 atom stereocenters. The van der Waals surface area contributed by atoms with Crippen molar-refractivity contribution >= 4 is 15.7 Å². The van der Waals surface area contributed by atoms with Gasteiger partial charge in [-0.25, -0.2) is 8.42 Å². The fourth-order valence-corrected chi connectivity index (χ4v) is 2.52. The van der Waals surface area contributed by atoms with Crippen molar-refractivity contribution in [2.75, 3.05) is 11.8 Å². The van der Waals surface area contributed by atoms with E-state index in [0.717, 1.165) is 0 Å². The summed E-state index contributed by atoms with van der Waals surface area (Å²) in [6, 6.07) is 5.85. The van der Waals surface area contributed by atoms with E-state index in [2.05, 4.69) is 4.72 Å². The molecule has 1 aromatic carbocycles. The Kier molecular flexibility index (Phi) is 4.39. The van der Waals surface area contributed by atoms with E-state index in [1.165, 1.54) is 25.3 Å². The number of rotatable bonds is 5. The summed E-state index contributed by atoms with van der Waals surface area (Å²) in [7, 11) is -2.42. The van der Waals surface area contributed by atoms with E-state index < -0.39 is 15.3 Å². The molecule has 0 fully saturated rings. The molecule has 0 aliphatic rings. The molecular formula is C11H14N2O4S. The summed E-state index contributed by atoms with van der Waals surface area (Å²) >= 11 is 0. The predicted molar refractivity (Wildman–Crippen MR) is 66.9 cm³/mol. The number of anilines is 1. The zero-order valence-corrected chi connectivity index (χ0v) is 10.9. The summed E-state index contributed by atoms with van der Waals surface area (Å²) < 4.78 is 30.8. The molecule has 6 nitrogen and oxygen atoms in total. The van der Waals surface area contributed by atoms with Gasteiger partial charge in [-0.1, -0.05) is 6.92 Å². The molecule has 0 aromatic heterocycles. The van der Waals surface area contributed by atoms with Crippen LogP contribution in [-0.2, 0) is 10.0 Å². The Morgan fingerprint density at radius 3 is 2.72 bits per heavy atom. The van der Waals surface area contributed by atoms with E-state index in [1.807, 2.05) is 0 Å². The van der Waals surface area contributed by atoms with Crippen molar-refractivity contribution in [3.05, 3.63) is 18.2 Å². The maximum Gasteiger partial charge on any atom is 0.249 e. The largest absolute Gasteiger partial charge is 0.506 e. The van der Waals surface area contributed by atoms with Crippen LogP contribution in [0.4, 0.5) is 5.69 Å². The number of nitrogens with zero attached hydrogens (tertiary/aromatic N) is 1. The van der Waals surface area contributed by atoms with Gasteiger partial charge in [0.05, 0.1) is 18.9 Å². The quantitative estimate of drug-likeness (QED) is 0.789. The first-order chi connectivity index (χ1) is 8.44. The van der Waals surface area contributed by atoms with E-state index in [4.69, 9.17) is 10.00 Å². The number of hydrogen-bond donors (Lipinski definition) is 2. The molecule has 0 saturated heterocycles. The molecular weight excluding hydrogens is 256 g/mol. The van der Waals surface area contributed by atoms with Gasteiger partial charge in [0.25, 0.3) is 0 Å². The normalized spacial score (nSPS) is 12.5. The molecule has 0 aliphatic carbocycles. The number of nitrogens with one attached hydrogen (secondary N) is 1. The molecule has 0 radical (unpaired) electrons. The number of hydrogen-bond acceptors (Lipinski definition) is 5. The molecule has 7 heteroatoms. The fourth-order valence-electron chi connectivity index (χ4n) is 1.33. The highest BCUT2D eigenvalue weighted by Gasteiger charge is 2.24. The number of sulfonamides is 1. The zero-order valence-electron chi connectivity index (χ0n) is 10.0. The van der Waals surface area contributed by atoms with Crippen molar-refractivity contribution in [3.8, 4) is 17.6 Å². The van der Waals surface area contributed by atoms with Crippen LogP contribution in [0, 0.1) is 11.3 Å². The molecule has 1 unspecified atom stereocenters. The van der Waals surface area contributed by atoms with E-state index in [0.29, 0.717) is 5.75 Å². The van der Waals surface area contributed by atoms with Gasteiger partial charge >= 0.3 is 0 Å². The molecule has 98 valence electrons. The highest BCUT2D eigenvalue weighted by Crippen LogP contribution is 2.29. The average molecular weight is 270 g/mol. The van der Waals surface area contributed by atoms with Crippen LogP contribution in [0.25, 0.3) is 0 Å². The first-order valence-corrected chi connectivity index (χ1v) is 6.77. The van der Waals surface area contributed by atoms with Gasteiger partial charge < -0.3 is 9.84 Å². The SMILES string of the molecule is CCC(C#N)S(=O)(=O)Nc1cc(OC)ccc1O. The third kappa shape index (κ3) is 3.05. The zero-order chi connectivity index (χ0) is 13.8. The molecule has 0 aliphatic heterocycles. The summed E-state index contributed by atoms with van der Waals surface area (Å²) in [5.74, 6) is 0.169. The lowest BCUT2D eigenvalue weighted by atomic mass is 10.3. The number of ether oxygens (including phenoxy) is 1. The van der Waals surface area contributed by atoms with Gasteiger partial charge in [0, 0.05) is 6.07 Å². The van der Waals surface area contributed by atoms with Crippen LogP contribution in [0.1, 0.15) is 13.3 Å². The Hall–Kier alpha value is -1.94. The second-order valence-electron chi connectivity index (χ2n) is 3.56. The minimum absolute atomic E-state index is 0.0111. The van der Waals surface area contributed by atoms with Crippen LogP contribution in [0.5, 0.6) is 11.5 Å². The molecule has 0 saturated carbocycles. The highest BCUT2D eigenvalue weighted by molar-refractivity contribution is 7.93. The van der Waals surface area contributed by atoms with Crippen molar-refractivity contribution in [2.45, 2.75) is 18.6 Å². The number of benzene rings is 1. The Morgan fingerprint density at radius 2 is 2.22 bits per heavy atom. The van der Waals surface area contributed by atoms with Crippen LogP contribution in [-0.4, -0.2) is 25.9 Å². The van der Waals surface area contributed by atoms with E-state index in [1.54, 1.807) is 13.0 Å². The Balaban J connectivity index is 3.08. The number of aromatic hydroxyl groups is 1. The second-order valence-corrected chi connectivity index (χ2v) is 5.42. The topological polar surface area (TPSA) is 99.4 Å². The number of methoxy groups -OCH3 is 1. The molecule has 18 heavy (non-hydrogen) atoms. The van der Waals surface area contributed by atoms with Gasteiger partial charge in [-0.3, -0.25) is 4.72 Å². The molecule has 1 rings (SSSR count). The van der Waals surface area contributed by atoms with E-state index >= 15 is 0 Å². The molecule has 0 spiro atoms. The minimum Gasteiger partial charge on any atom is -0.506 e. The first kappa shape index (κ1) is 14.1. The average Bonchev–Trinajstić information content (AvgIpc) is 2.33. The van der Waals surface area contributed by atoms with Crippen LogP contribution < -0.4 is 9.46 Å². The lowest BCUT2D eigenvalue weighted by Gasteiger charge is -2.13. The van der Waals surface area contributed by atoms with Gasteiger partial charge in [-0.05, 0) is 18.6 Å².